The van der Waals surface area contributed by atoms with E-state index >= 15 is 0 Å². The average molecular weight is 311 g/mol. The Kier molecular flexibility index (Phi) is 4.56. The largest absolute Gasteiger partial charge is 0.467 e. The maximum absolute atomic E-state index is 12.9. The van der Waals surface area contributed by atoms with Crippen molar-refractivity contribution in [1.29, 1.82) is 0 Å². The van der Waals surface area contributed by atoms with Crippen LogP contribution in [0.25, 0.3) is 0 Å². The van der Waals surface area contributed by atoms with Crippen molar-refractivity contribution in [2.24, 2.45) is 0 Å². The standard InChI is InChI=1S/C10H10BrClFNO2/c1-5(10(15)16-2)14-9-7(11)3-6(13)4-8(9)12/h3-5,14H,1-2H3. The fraction of sp³-hybridized carbons (Fsp3) is 0.300. The Hall–Kier alpha value is -0.810. The summed E-state index contributed by atoms with van der Waals surface area (Å²) in [5.74, 6) is -0.875. The number of carbonyl (C=O) groups excluding carboxylic acids is 1. The summed E-state index contributed by atoms with van der Waals surface area (Å²) in [7, 11) is 1.29. The van der Waals surface area contributed by atoms with Crippen LogP contribution in [0.3, 0.4) is 0 Å². The molecule has 1 aromatic rings. The van der Waals surface area contributed by atoms with Crippen LogP contribution in [0.1, 0.15) is 6.92 Å². The van der Waals surface area contributed by atoms with Gasteiger partial charge in [-0.05, 0) is 35.0 Å². The molecule has 0 bridgehead atoms. The quantitative estimate of drug-likeness (QED) is 0.871. The number of halogens is 3. The Morgan fingerprint density at radius 3 is 2.75 bits per heavy atom. The van der Waals surface area contributed by atoms with Crippen molar-refractivity contribution in [2.75, 3.05) is 12.4 Å². The molecule has 0 radical (unpaired) electrons. The van der Waals surface area contributed by atoms with Crippen LogP contribution in [-0.4, -0.2) is 19.1 Å². The number of nitrogens with one attached hydrogen (secondary N) is 1. The Morgan fingerprint density at radius 1 is 1.62 bits per heavy atom. The van der Waals surface area contributed by atoms with Crippen LogP contribution in [0.2, 0.25) is 5.02 Å². The third kappa shape index (κ3) is 3.09. The molecule has 1 aromatic carbocycles. The molecule has 1 atom stereocenters. The number of hydrogen-bond donors (Lipinski definition) is 1. The number of esters is 1. The third-order valence-electron chi connectivity index (χ3n) is 1.92. The molecule has 0 aliphatic rings. The molecule has 3 nitrogen and oxygen atoms in total. The second-order valence-electron chi connectivity index (χ2n) is 3.13. The SMILES string of the molecule is COC(=O)C(C)Nc1c(Cl)cc(F)cc1Br. The van der Waals surface area contributed by atoms with Gasteiger partial charge in [0.25, 0.3) is 0 Å². The Bertz CT molecular complexity index is 391. The Morgan fingerprint density at radius 2 is 2.25 bits per heavy atom. The van der Waals surface area contributed by atoms with Crippen molar-refractivity contribution in [3.63, 3.8) is 0 Å². The third-order valence-corrected chi connectivity index (χ3v) is 2.85. The van der Waals surface area contributed by atoms with Crippen LogP contribution < -0.4 is 5.32 Å². The van der Waals surface area contributed by atoms with E-state index in [0.29, 0.717) is 10.2 Å². The molecular weight excluding hydrogens is 300 g/mol. The second-order valence-corrected chi connectivity index (χ2v) is 4.40. The number of hydrogen-bond acceptors (Lipinski definition) is 3. The number of anilines is 1. The molecule has 1 unspecified atom stereocenters. The maximum atomic E-state index is 12.9. The van der Waals surface area contributed by atoms with Gasteiger partial charge < -0.3 is 10.1 Å². The first-order chi connectivity index (χ1) is 7.45. The first-order valence-electron chi connectivity index (χ1n) is 4.44. The zero-order valence-electron chi connectivity index (χ0n) is 8.68. The summed E-state index contributed by atoms with van der Waals surface area (Å²) in [5, 5.41) is 3.03. The highest BCUT2D eigenvalue weighted by atomic mass is 79.9. The predicted octanol–water partition coefficient (Wildman–Crippen LogP) is 3.22. The lowest BCUT2D eigenvalue weighted by Crippen LogP contribution is -2.27. The van der Waals surface area contributed by atoms with Crippen LogP contribution in [0.4, 0.5) is 10.1 Å². The molecule has 16 heavy (non-hydrogen) atoms. The summed E-state index contributed by atoms with van der Waals surface area (Å²) in [6.07, 6.45) is 0. The molecule has 0 aliphatic heterocycles. The van der Waals surface area contributed by atoms with Gasteiger partial charge in [0.05, 0.1) is 17.8 Å². The van der Waals surface area contributed by atoms with E-state index in [1.165, 1.54) is 19.2 Å². The highest BCUT2D eigenvalue weighted by Crippen LogP contribution is 2.32. The van der Waals surface area contributed by atoms with Gasteiger partial charge in [0, 0.05) is 4.47 Å². The summed E-state index contributed by atoms with van der Waals surface area (Å²) in [6, 6.07) is 1.86. The van der Waals surface area contributed by atoms with E-state index in [4.69, 9.17) is 11.6 Å². The zero-order valence-corrected chi connectivity index (χ0v) is 11.0. The molecular formula is C10H10BrClFNO2. The fourth-order valence-corrected chi connectivity index (χ4v) is 2.05. The number of benzene rings is 1. The number of carbonyl (C=O) groups is 1. The van der Waals surface area contributed by atoms with E-state index in [0.717, 1.165) is 0 Å². The average Bonchev–Trinajstić information content (AvgIpc) is 2.21. The molecule has 1 N–H and O–H groups in total. The van der Waals surface area contributed by atoms with Gasteiger partial charge in [0.15, 0.2) is 0 Å². The molecule has 0 amide bonds. The number of rotatable bonds is 3. The topological polar surface area (TPSA) is 38.3 Å². The molecule has 0 saturated carbocycles. The molecule has 0 heterocycles. The van der Waals surface area contributed by atoms with Gasteiger partial charge >= 0.3 is 5.97 Å². The van der Waals surface area contributed by atoms with Crippen LogP contribution in [0.5, 0.6) is 0 Å². The van der Waals surface area contributed by atoms with Crippen LogP contribution >= 0.6 is 27.5 Å². The molecule has 0 saturated heterocycles. The minimum Gasteiger partial charge on any atom is -0.467 e. The van der Waals surface area contributed by atoms with E-state index in [2.05, 4.69) is 26.0 Å². The van der Waals surface area contributed by atoms with E-state index in [-0.39, 0.29) is 5.02 Å². The van der Waals surface area contributed by atoms with Gasteiger partial charge in [0.1, 0.15) is 11.9 Å². The fourth-order valence-electron chi connectivity index (χ4n) is 1.13. The van der Waals surface area contributed by atoms with Gasteiger partial charge in [-0.1, -0.05) is 11.6 Å². The van der Waals surface area contributed by atoms with Gasteiger partial charge in [-0.2, -0.15) is 0 Å². The lowest BCUT2D eigenvalue weighted by molar-refractivity contribution is -0.141. The van der Waals surface area contributed by atoms with E-state index in [1.54, 1.807) is 6.92 Å². The minimum atomic E-state index is -0.565. The molecule has 0 spiro atoms. The Labute approximate surface area is 106 Å². The first kappa shape index (κ1) is 13.3. The maximum Gasteiger partial charge on any atom is 0.327 e. The molecule has 0 aliphatic carbocycles. The second kappa shape index (κ2) is 5.50. The molecule has 0 fully saturated rings. The molecule has 6 heteroatoms. The molecule has 0 aromatic heterocycles. The van der Waals surface area contributed by atoms with Crippen LogP contribution in [0.15, 0.2) is 16.6 Å². The van der Waals surface area contributed by atoms with Crippen LogP contribution in [0, 0.1) is 5.82 Å². The summed E-state index contributed by atoms with van der Waals surface area (Å²) >= 11 is 9.00. The Balaban J connectivity index is 2.93. The summed E-state index contributed by atoms with van der Waals surface area (Å²) in [6.45, 7) is 1.62. The smallest absolute Gasteiger partial charge is 0.327 e. The minimum absolute atomic E-state index is 0.197. The van der Waals surface area contributed by atoms with Crippen molar-refractivity contribution >= 4 is 39.2 Å². The highest BCUT2D eigenvalue weighted by molar-refractivity contribution is 9.10. The zero-order chi connectivity index (χ0) is 12.3. The van der Waals surface area contributed by atoms with Crippen molar-refractivity contribution < 1.29 is 13.9 Å². The van der Waals surface area contributed by atoms with Gasteiger partial charge in [-0.15, -0.1) is 0 Å². The van der Waals surface area contributed by atoms with E-state index in [9.17, 15) is 9.18 Å². The monoisotopic (exact) mass is 309 g/mol. The summed E-state index contributed by atoms with van der Waals surface area (Å²) in [4.78, 5) is 11.2. The number of ether oxygens (including phenoxy) is 1. The van der Waals surface area contributed by atoms with Crippen LogP contribution in [-0.2, 0) is 9.53 Å². The predicted molar refractivity (Wildman–Crippen MR) is 64.2 cm³/mol. The van der Waals surface area contributed by atoms with E-state index < -0.39 is 17.8 Å². The van der Waals surface area contributed by atoms with Crippen molar-refractivity contribution in [3.8, 4) is 0 Å². The van der Waals surface area contributed by atoms with Crippen molar-refractivity contribution in [1.82, 2.24) is 0 Å². The lowest BCUT2D eigenvalue weighted by Gasteiger charge is -2.15. The van der Waals surface area contributed by atoms with Gasteiger partial charge in [0.2, 0.25) is 0 Å². The molecule has 1 rings (SSSR count). The van der Waals surface area contributed by atoms with Gasteiger partial charge in [-0.25, -0.2) is 9.18 Å². The number of methoxy groups -OCH3 is 1. The van der Waals surface area contributed by atoms with Crippen molar-refractivity contribution in [3.05, 3.63) is 27.4 Å². The van der Waals surface area contributed by atoms with Gasteiger partial charge in [-0.3, -0.25) is 0 Å². The molecule has 88 valence electrons. The first-order valence-corrected chi connectivity index (χ1v) is 5.61. The summed E-state index contributed by atoms with van der Waals surface area (Å²) < 4.78 is 17.9. The summed E-state index contributed by atoms with van der Waals surface area (Å²) in [5.41, 5.74) is 0.459. The highest BCUT2D eigenvalue weighted by Gasteiger charge is 2.16. The van der Waals surface area contributed by atoms with E-state index in [1.807, 2.05) is 0 Å². The lowest BCUT2D eigenvalue weighted by atomic mass is 10.2. The normalized spacial score (nSPS) is 12.1. The van der Waals surface area contributed by atoms with Crippen molar-refractivity contribution in [2.45, 2.75) is 13.0 Å².